The molecule has 0 N–H and O–H groups in total. The van der Waals surface area contributed by atoms with E-state index in [0.29, 0.717) is 17.6 Å². The van der Waals surface area contributed by atoms with Crippen molar-refractivity contribution < 1.29 is 0 Å². The van der Waals surface area contributed by atoms with Crippen LogP contribution in [-0.2, 0) is 0 Å². The van der Waals surface area contributed by atoms with E-state index < -0.39 is 0 Å². The SMILES string of the molecule is CC.c1ccc(-c2nc(-c3ccc4ccccc4c3)nc(-n3c4c(-c5ccc6c(c5)sc5ccccc56)cccc4c4ccc5ccccc5c43)n2)cc1. The maximum Gasteiger partial charge on any atom is 0.238 e. The van der Waals surface area contributed by atoms with Crippen LogP contribution in [0.2, 0.25) is 0 Å². The van der Waals surface area contributed by atoms with E-state index in [1.165, 1.54) is 30.9 Å². The topological polar surface area (TPSA) is 43.6 Å². The van der Waals surface area contributed by atoms with Gasteiger partial charge >= 0.3 is 0 Å². The van der Waals surface area contributed by atoms with Gasteiger partial charge in [0.25, 0.3) is 0 Å². The first-order valence-corrected chi connectivity index (χ1v) is 19.3. The Labute approximate surface area is 316 Å². The first-order valence-electron chi connectivity index (χ1n) is 18.4. The molecule has 0 amide bonds. The van der Waals surface area contributed by atoms with Gasteiger partial charge in [0.15, 0.2) is 11.6 Å². The summed E-state index contributed by atoms with van der Waals surface area (Å²) in [5.41, 5.74) is 6.33. The van der Waals surface area contributed by atoms with E-state index in [0.717, 1.165) is 54.8 Å². The van der Waals surface area contributed by atoms with E-state index in [4.69, 9.17) is 15.0 Å². The smallest absolute Gasteiger partial charge is 0.238 e. The van der Waals surface area contributed by atoms with Gasteiger partial charge < -0.3 is 0 Å². The minimum absolute atomic E-state index is 0.587. The first-order chi connectivity index (χ1) is 26.8. The standard InChI is InChI=1S/C47H28N4S.C2H6/c1-2-13-31(14-3-1)45-48-46(34-22-21-29-11-4-5-15-32(29)27-34)50-47(49-45)51-43-35-16-7-6-12-30(35)23-26-40(43)39-19-10-18-36(44(39)51)33-24-25-38-37-17-8-9-20-41(37)52-42(38)28-33;1-2/h1-28H;1-2H3. The van der Waals surface area contributed by atoms with Crippen LogP contribution in [0.3, 0.4) is 0 Å². The molecule has 3 aromatic heterocycles. The maximum atomic E-state index is 5.34. The Kier molecular flexibility index (Phi) is 7.74. The third kappa shape index (κ3) is 5.16. The molecule has 0 fully saturated rings. The molecule has 0 aliphatic heterocycles. The Balaban J connectivity index is 0.00000178. The summed E-state index contributed by atoms with van der Waals surface area (Å²) in [5.74, 6) is 1.85. The van der Waals surface area contributed by atoms with Crippen molar-refractivity contribution in [3.63, 3.8) is 0 Å². The Morgan fingerprint density at radius 2 is 1.00 bits per heavy atom. The number of hydrogen-bond donors (Lipinski definition) is 0. The van der Waals surface area contributed by atoms with Crippen molar-refractivity contribution >= 4 is 74.9 Å². The number of benzene rings is 8. The van der Waals surface area contributed by atoms with Gasteiger partial charge in [-0.05, 0) is 39.9 Å². The number of fused-ring (bicyclic) bond motifs is 9. The molecule has 0 aliphatic rings. The molecule has 5 heteroatoms. The molecule has 0 spiro atoms. The van der Waals surface area contributed by atoms with E-state index in [-0.39, 0.29) is 0 Å². The highest BCUT2D eigenvalue weighted by Crippen LogP contribution is 2.43. The van der Waals surface area contributed by atoms with Gasteiger partial charge in [-0.1, -0.05) is 166 Å². The van der Waals surface area contributed by atoms with Gasteiger partial charge in [-0.25, -0.2) is 4.98 Å². The van der Waals surface area contributed by atoms with Crippen LogP contribution in [-0.4, -0.2) is 19.5 Å². The zero-order valence-corrected chi connectivity index (χ0v) is 30.7. The summed E-state index contributed by atoms with van der Waals surface area (Å²) in [6, 6.07) is 60.3. The van der Waals surface area contributed by atoms with Crippen molar-refractivity contribution in [3.8, 4) is 39.9 Å². The molecule has 0 saturated carbocycles. The van der Waals surface area contributed by atoms with Crippen molar-refractivity contribution in [1.29, 1.82) is 0 Å². The molecule has 8 aromatic carbocycles. The number of para-hydroxylation sites is 1. The highest BCUT2D eigenvalue weighted by atomic mass is 32.1. The number of thiophene rings is 1. The van der Waals surface area contributed by atoms with Crippen molar-refractivity contribution in [2.75, 3.05) is 0 Å². The Bertz CT molecular complexity index is 3190. The van der Waals surface area contributed by atoms with E-state index in [9.17, 15) is 0 Å². The summed E-state index contributed by atoms with van der Waals surface area (Å²) in [4.78, 5) is 15.8. The number of hydrogen-bond acceptors (Lipinski definition) is 4. The fraction of sp³-hybridized carbons (Fsp3) is 0.0408. The molecule has 3 heterocycles. The largest absolute Gasteiger partial charge is 0.277 e. The third-order valence-electron chi connectivity index (χ3n) is 10.2. The maximum absolute atomic E-state index is 5.34. The summed E-state index contributed by atoms with van der Waals surface area (Å²) >= 11 is 1.84. The van der Waals surface area contributed by atoms with Gasteiger partial charge in [0.05, 0.1) is 11.0 Å². The molecule has 54 heavy (non-hydrogen) atoms. The predicted octanol–water partition coefficient (Wildman–Crippen LogP) is 13.7. The second kappa shape index (κ2) is 13.1. The minimum Gasteiger partial charge on any atom is -0.277 e. The zero-order chi connectivity index (χ0) is 36.2. The predicted molar refractivity (Wildman–Crippen MR) is 230 cm³/mol. The molecule has 0 radical (unpaired) electrons. The fourth-order valence-corrected chi connectivity index (χ4v) is 8.94. The molecule has 0 unspecified atom stereocenters. The normalized spacial score (nSPS) is 11.5. The monoisotopic (exact) mass is 710 g/mol. The van der Waals surface area contributed by atoms with Gasteiger partial charge in [0.1, 0.15) is 0 Å². The van der Waals surface area contributed by atoms with Crippen molar-refractivity contribution in [1.82, 2.24) is 19.5 Å². The second-order valence-corrected chi connectivity index (χ2v) is 14.3. The minimum atomic E-state index is 0.587. The lowest BCUT2D eigenvalue weighted by atomic mass is 10.00. The molecule has 11 rings (SSSR count). The Morgan fingerprint density at radius 1 is 0.389 bits per heavy atom. The van der Waals surface area contributed by atoms with Crippen LogP contribution in [0, 0.1) is 0 Å². The van der Waals surface area contributed by atoms with Crippen LogP contribution in [0.1, 0.15) is 13.8 Å². The third-order valence-corrected chi connectivity index (χ3v) is 11.4. The average molecular weight is 711 g/mol. The van der Waals surface area contributed by atoms with E-state index in [2.05, 4.69) is 156 Å². The summed E-state index contributed by atoms with van der Waals surface area (Å²) in [7, 11) is 0. The Hall–Kier alpha value is -6.69. The van der Waals surface area contributed by atoms with Crippen LogP contribution in [0.25, 0.3) is 103 Å². The quantitative estimate of drug-likeness (QED) is 0.183. The van der Waals surface area contributed by atoms with Gasteiger partial charge in [0.2, 0.25) is 5.95 Å². The van der Waals surface area contributed by atoms with Gasteiger partial charge in [-0.15, -0.1) is 11.3 Å². The van der Waals surface area contributed by atoms with Crippen LogP contribution < -0.4 is 0 Å². The molecule has 0 aliphatic carbocycles. The molecule has 4 nitrogen and oxygen atoms in total. The summed E-state index contributed by atoms with van der Waals surface area (Å²) < 4.78 is 4.86. The highest BCUT2D eigenvalue weighted by Gasteiger charge is 2.22. The van der Waals surface area contributed by atoms with Gasteiger partial charge in [0, 0.05) is 53.0 Å². The van der Waals surface area contributed by atoms with Crippen LogP contribution in [0.5, 0.6) is 0 Å². The molecule has 0 bridgehead atoms. The molecule has 0 saturated heterocycles. The van der Waals surface area contributed by atoms with E-state index in [1.54, 1.807) is 0 Å². The zero-order valence-electron chi connectivity index (χ0n) is 29.9. The van der Waals surface area contributed by atoms with Crippen molar-refractivity contribution in [2.24, 2.45) is 0 Å². The van der Waals surface area contributed by atoms with Crippen molar-refractivity contribution in [3.05, 3.63) is 170 Å². The van der Waals surface area contributed by atoms with Crippen LogP contribution >= 0.6 is 11.3 Å². The molecular weight excluding hydrogens is 677 g/mol. The summed E-state index contributed by atoms with van der Waals surface area (Å²) in [5, 5.41) is 9.54. The summed E-state index contributed by atoms with van der Waals surface area (Å²) in [6.45, 7) is 4.00. The van der Waals surface area contributed by atoms with Crippen molar-refractivity contribution in [2.45, 2.75) is 13.8 Å². The lowest BCUT2D eigenvalue weighted by Crippen LogP contribution is -2.07. The molecule has 256 valence electrons. The number of rotatable bonds is 4. The average Bonchev–Trinajstić information content (AvgIpc) is 3.80. The van der Waals surface area contributed by atoms with Crippen LogP contribution in [0.4, 0.5) is 0 Å². The highest BCUT2D eigenvalue weighted by molar-refractivity contribution is 7.25. The van der Waals surface area contributed by atoms with E-state index in [1.807, 2.05) is 43.4 Å². The molecule has 11 aromatic rings. The first kappa shape index (κ1) is 32.0. The molecular formula is C49H34N4S. The number of nitrogens with zero attached hydrogens (tertiary/aromatic N) is 4. The second-order valence-electron chi connectivity index (χ2n) is 13.2. The van der Waals surface area contributed by atoms with E-state index >= 15 is 0 Å². The lowest BCUT2D eigenvalue weighted by Gasteiger charge is -2.14. The number of aromatic nitrogens is 4. The fourth-order valence-electron chi connectivity index (χ4n) is 7.79. The molecule has 0 atom stereocenters. The Morgan fingerprint density at radius 3 is 1.85 bits per heavy atom. The summed E-state index contributed by atoms with van der Waals surface area (Å²) in [6.07, 6.45) is 0. The van der Waals surface area contributed by atoms with Gasteiger partial charge in [-0.2, -0.15) is 9.97 Å². The van der Waals surface area contributed by atoms with Crippen LogP contribution in [0.15, 0.2) is 170 Å². The lowest BCUT2D eigenvalue weighted by molar-refractivity contribution is 0.955. The van der Waals surface area contributed by atoms with Gasteiger partial charge in [-0.3, -0.25) is 4.57 Å².